The normalized spacial score (nSPS) is 9.81. The first-order valence-electron chi connectivity index (χ1n) is 5.46. The summed E-state index contributed by atoms with van der Waals surface area (Å²) in [5, 5.41) is 5.51. The molecule has 0 atom stereocenters. The van der Waals surface area contributed by atoms with Crippen molar-refractivity contribution in [1.82, 2.24) is 10.3 Å². The molecule has 4 heteroatoms. The van der Waals surface area contributed by atoms with Crippen molar-refractivity contribution in [2.75, 3.05) is 5.32 Å². The van der Waals surface area contributed by atoms with Crippen molar-refractivity contribution in [1.29, 1.82) is 0 Å². The average Bonchev–Trinajstić information content (AvgIpc) is 2.19. The van der Waals surface area contributed by atoms with E-state index in [4.69, 9.17) is 0 Å². The molecule has 0 unspecified atom stereocenters. The van der Waals surface area contributed by atoms with Crippen LogP contribution < -0.4 is 10.6 Å². The standard InChI is InChI=1S/C10H15N3O.C2H6/c1-10(2,3)13-9(14)12-8-4-6-11-7-5-8;1-2/h4-7H,1-3H3,(H2,11,12,13,14);1-2H3. The molecule has 0 bridgehead atoms. The van der Waals surface area contributed by atoms with E-state index in [-0.39, 0.29) is 11.6 Å². The predicted octanol–water partition coefficient (Wildman–Crippen LogP) is 3.03. The fourth-order valence-corrected chi connectivity index (χ4v) is 0.938. The van der Waals surface area contributed by atoms with Gasteiger partial charge in [-0.15, -0.1) is 0 Å². The minimum Gasteiger partial charge on any atom is -0.333 e. The Labute approximate surface area is 97.5 Å². The molecule has 1 rings (SSSR count). The molecule has 1 aromatic heterocycles. The van der Waals surface area contributed by atoms with Gasteiger partial charge < -0.3 is 10.6 Å². The third-order valence-corrected chi connectivity index (χ3v) is 1.43. The van der Waals surface area contributed by atoms with Crippen LogP contribution in [0.2, 0.25) is 0 Å². The molecule has 1 heterocycles. The number of amides is 2. The molecule has 16 heavy (non-hydrogen) atoms. The van der Waals surface area contributed by atoms with Crippen molar-refractivity contribution >= 4 is 11.7 Å². The first-order chi connectivity index (χ1) is 7.47. The van der Waals surface area contributed by atoms with E-state index in [2.05, 4.69) is 15.6 Å². The highest BCUT2D eigenvalue weighted by atomic mass is 16.2. The van der Waals surface area contributed by atoms with Gasteiger partial charge in [-0.1, -0.05) is 13.8 Å². The Morgan fingerprint density at radius 3 is 2.12 bits per heavy atom. The molecular formula is C12H21N3O. The molecule has 0 aliphatic carbocycles. The Morgan fingerprint density at radius 1 is 1.19 bits per heavy atom. The summed E-state index contributed by atoms with van der Waals surface area (Å²) in [6.45, 7) is 9.79. The molecule has 4 nitrogen and oxygen atoms in total. The van der Waals surface area contributed by atoms with Crippen molar-refractivity contribution in [3.8, 4) is 0 Å². The van der Waals surface area contributed by atoms with Crippen LogP contribution in [0.3, 0.4) is 0 Å². The summed E-state index contributed by atoms with van der Waals surface area (Å²) in [6, 6.07) is 3.27. The summed E-state index contributed by atoms with van der Waals surface area (Å²) in [4.78, 5) is 15.2. The molecule has 90 valence electrons. The van der Waals surface area contributed by atoms with Crippen LogP contribution in [0.5, 0.6) is 0 Å². The van der Waals surface area contributed by atoms with Gasteiger partial charge in [0, 0.05) is 23.6 Å². The number of rotatable bonds is 1. The monoisotopic (exact) mass is 223 g/mol. The second kappa shape index (κ2) is 6.82. The van der Waals surface area contributed by atoms with E-state index in [1.807, 2.05) is 34.6 Å². The van der Waals surface area contributed by atoms with Gasteiger partial charge in [-0.2, -0.15) is 0 Å². The summed E-state index contributed by atoms with van der Waals surface area (Å²) >= 11 is 0. The fraction of sp³-hybridized carbons (Fsp3) is 0.500. The lowest BCUT2D eigenvalue weighted by molar-refractivity contribution is 0.244. The molecule has 1 aromatic rings. The fourth-order valence-electron chi connectivity index (χ4n) is 0.938. The summed E-state index contributed by atoms with van der Waals surface area (Å²) in [7, 11) is 0. The first kappa shape index (κ1) is 14.4. The summed E-state index contributed by atoms with van der Waals surface area (Å²) in [6.07, 6.45) is 3.26. The zero-order valence-corrected chi connectivity index (χ0v) is 10.7. The Hall–Kier alpha value is -1.58. The molecule has 2 amide bonds. The number of pyridine rings is 1. The van der Waals surface area contributed by atoms with Crippen molar-refractivity contribution in [3.05, 3.63) is 24.5 Å². The van der Waals surface area contributed by atoms with Crippen LogP contribution in [-0.4, -0.2) is 16.6 Å². The quantitative estimate of drug-likeness (QED) is 0.769. The minimum atomic E-state index is -0.225. The number of aromatic nitrogens is 1. The van der Waals surface area contributed by atoms with Crippen LogP contribution in [0.25, 0.3) is 0 Å². The third-order valence-electron chi connectivity index (χ3n) is 1.43. The van der Waals surface area contributed by atoms with E-state index in [1.54, 1.807) is 24.5 Å². The topological polar surface area (TPSA) is 54.0 Å². The predicted molar refractivity (Wildman–Crippen MR) is 67.5 cm³/mol. The number of urea groups is 1. The smallest absolute Gasteiger partial charge is 0.319 e. The lowest BCUT2D eigenvalue weighted by Crippen LogP contribution is -2.43. The molecular weight excluding hydrogens is 202 g/mol. The molecule has 0 saturated heterocycles. The summed E-state index contributed by atoms with van der Waals surface area (Å²) < 4.78 is 0. The molecule has 0 spiro atoms. The SMILES string of the molecule is CC.CC(C)(C)NC(=O)Nc1ccncc1. The van der Waals surface area contributed by atoms with Gasteiger partial charge in [0.25, 0.3) is 0 Å². The number of carbonyl (C=O) groups is 1. The largest absolute Gasteiger partial charge is 0.333 e. The van der Waals surface area contributed by atoms with E-state index in [1.165, 1.54) is 0 Å². The third kappa shape index (κ3) is 6.81. The lowest BCUT2D eigenvalue weighted by Gasteiger charge is -2.20. The molecule has 0 saturated carbocycles. The maximum absolute atomic E-state index is 11.4. The average molecular weight is 223 g/mol. The van der Waals surface area contributed by atoms with Crippen LogP contribution in [0.4, 0.5) is 10.5 Å². The van der Waals surface area contributed by atoms with Crippen molar-refractivity contribution in [2.24, 2.45) is 0 Å². The Bertz CT molecular complexity index is 304. The molecule has 0 radical (unpaired) electrons. The summed E-state index contributed by atoms with van der Waals surface area (Å²) in [5.74, 6) is 0. The van der Waals surface area contributed by atoms with Crippen LogP contribution in [0.15, 0.2) is 24.5 Å². The Kier molecular flexibility index (Phi) is 6.15. The molecule has 0 aliphatic rings. The Balaban J connectivity index is 0.00000106. The number of carbonyl (C=O) groups excluding carboxylic acids is 1. The molecule has 0 aromatic carbocycles. The van der Waals surface area contributed by atoms with Crippen molar-refractivity contribution in [2.45, 2.75) is 40.2 Å². The number of nitrogens with zero attached hydrogens (tertiary/aromatic N) is 1. The highest BCUT2D eigenvalue weighted by molar-refractivity contribution is 5.89. The van der Waals surface area contributed by atoms with E-state index < -0.39 is 0 Å². The van der Waals surface area contributed by atoms with Gasteiger partial charge in [-0.05, 0) is 32.9 Å². The second-order valence-electron chi connectivity index (χ2n) is 4.07. The van der Waals surface area contributed by atoms with Gasteiger partial charge >= 0.3 is 6.03 Å². The Morgan fingerprint density at radius 2 is 1.69 bits per heavy atom. The van der Waals surface area contributed by atoms with Crippen LogP contribution in [0.1, 0.15) is 34.6 Å². The van der Waals surface area contributed by atoms with Gasteiger partial charge in [-0.25, -0.2) is 4.79 Å². The van der Waals surface area contributed by atoms with E-state index >= 15 is 0 Å². The van der Waals surface area contributed by atoms with E-state index in [0.717, 1.165) is 5.69 Å². The van der Waals surface area contributed by atoms with Gasteiger partial charge in [0.05, 0.1) is 0 Å². The first-order valence-corrected chi connectivity index (χ1v) is 5.46. The van der Waals surface area contributed by atoms with Gasteiger partial charge in [0.2, 0.25) is 0 Å². The van der Waals surface area contributed by atoms with Gasteiger partial charge in [-0.3, -0.25) is 4.98 Å². The maximum Gasteiger partial charge on any atom is 0.319 e. The zero-order chi connectivity index (χ0) is 12.6. The van der Waals surface area contributed by atoms with Crippen LogP contribution in [0, 0.1) is 0 Å². The minimum absolute atomic E-state index is 0.205. The highest BCUT2D eigenvalue weighted by Gasteiger charge is 2.12. The molecule has 0 aliphatic heterocycles. The molecule has 0 fully saturated rings. The number of nitrogens with one attached hydrogen (secondary N) is 2. The van der Waals surface area contributed by atoms with Gasteiger partial charge in [0.1, 0.15) is 0 Å². The van der Waals surface area contributed by atoms with Crippen LogP contribution >= 0.6 is 0 Å². The number of hydrogen-bond acceptors (Lipinski definition) is 2. The van der Waals surface area contributed by atoms with Gasteiger partial charge in [0.15, 0.2) is 0 Å². The van der Waals surface area contributed by atoms with E-state index in [0.29, 0.717) is 0 Å². The second-order valence-corrected chi connectivity index (χ2v) is 4.07. The number of hydrogen-bond donors (Lipinski definition) is 2. The lowest BCUT2D eigenvalue weighted by atomic mass is 10.1. The zero-order valence-electron chi connectivity index (χ0n) is 10.7. The van der Waals surface area contributed by atoms with Crippen LogP contribution in [-0.2, 0) is 0 Å². The summed E-state index contributed by atoms with van der Waals surface area (Å²) in [5.41, 5.74) is 0.513. The number of anilines is 1. The van der Waals surface area contributed by atoms with Crippen molar-refractivity contribution < 1.29 is 4.79 Å². The highest BCUT2D eigenvalue weighted by Crippen LogP contribution is 2.04. The molecule has 2 N–H and O–H groups in total. The maximum atomic E-state index is 11.4. The van der Waals surface area contributed by atoms with Crippen molar-refractivity contribution in [3.63, 3.8) is 0 Å². The van der Waals surface area contributed by atoms with E-state index in [9.17, 15) is 4.79 Å².